The lowest BCUT2D eigenvalue weighted by atomic mass is 10.1. The summed E-state index contributed by atoms with van der Waals surface area (Å²) in [5.74, 6) is -0.621. The normalized spacial score (nSPS) is 11.1. The number of amides is 1. The van der Waals surface area contributed by atoms with Gasteiger partial charge in [0.15, 0.2) is 0 Å². The van der Waals surface area contributed by atoms with Crippen LogP contribution >= 0.6 is 0 Å². The number of halogens is 3. The molecule has 2 aromatic carbocycles. The third-order valence-electron chi connectivity index (χ3n) is 3.96. The molecular weight excluding hydrogens is 363 g/mol. The quantitative estimate of drug-likeness (QED) is 0.595. The van der Waals surface area contributed by atoms with Crippen LogP contribution < -0.4 is 10.2 Å². The minimum absolute atomic E-state index is 0.0432. The van der Waals surface area contributed by atoms with Crippen LogP contribution in [0.25, 0.3) is 0 Å². The van der Waals surface area contributed by atoms with Crippen LogP contribution in [0.3, 0.4) is 0 Å². The van der Waals surface area contributed by atoms with Gasteiger partial charge in [-0.15, -0.1) is 0 Å². The number of rotatable bonds is 6. The summed E-state index contributed by atoms with van der Waals surface area (Å²) in [6, 6.07) is 9.15. The summed E-state index contributed by atoms with van der Waals surface area (Å²) < 4.78 is 39.1. The number of nitrogens with zero attached hydrogens (tertiary/aromatic N) is 2. The van der Waals surface area contributed by atoms with Crippen molar-refractivity contribution < 1.29 is 22.9 Å². The topological polar surface area (TPSA) is 75.5 Å². The summed E-state index contributed by atoms with van der Waals surface area (Å²) >= 11 is 0. The molecule has 27 heavy (non-hydrogen) atoms. The molecule has 2 aromatic rings. The molecule has 0 saturated heterocycles. The number of carbonyl (C=O) groups excluding carboxylic acids is 1. The van der Waals surface area contributed by atoms with Crippen molar-refractivity contribution in [3.63, 3.8) is 0 Å². The zero-order valence-corrected chi connectivity index (χ0v) is 14.7. The Hall–Kier alpha value is -3.10. The van der Waals surface area contributed by atoms with E-state index in [4.69, 9.17) is 0 Å². The lowest BCUT2D eigenvalue weighted by Gasteiger charge is -2.23. The van der Waals surface area contributed by atoms with Crippen LogP contribution in [0.2, 0.25) is 0 Å². The molecule has 9 heteroatoms. The van der Waals surface area contributed by atoms with E-state index in [0.29, 0.717) is 17.8 Å². The average molecular weight is 381 g/mol. The molecule has 0 fully saturated rings. The lowest BCUT2D eigenvalue weighted by molar-refractivity contribution is -0.385. The summed E-state index contributed by atoms with van der Waals surface area (Å²) in [7, 11) is 0. The summed E-state index contributed by atoms with van der Waals surface area (Å²) in [4.78, 5) is 24.3. The van der Waals surface area contributed by atoms with Crippen LogP contribution in [-0.4, -0.2) is 23.9 Å². The molecule has 2 rings (SSSR count). The standard InChI is InChI=1S/C18H18F3N3O3/c1-3-23(13-8-9-16(24(26)27)12(2)10-13)11-17(25)22-15-7-5-4-6-14(15)18(19,20)21/h4-10H,3,11H2,1-2H3,(H,22,25). The van der Waals surface area contributed by atoms with Gasteiger partial charge >= 0.3 is 6.18 Å². The number of carbonyl (C=O) groups is 1. The molecule has 0 heterocycles. The molecule has 0 aliphatic carbocycles. The molecule has 6 nitrogen and oxygen atoms in total. The fourth-order valence-corrected chi connectivity index (χ4v) is 2.63. The molecule has 0 spiro atoms. The van der Waals surface area contributed by atoms with Gasteiger partial charge in [0.1, 0.15) is 0 Å². The van der Waals surface area contributed by atoms with Crippen molar-refractivity contribution >= 4 is 23.0 Å². The van der Waals surface area contributed by atoms with Crippen LogP contribution in [0.4, 0.5) is 30.2 Å². The summed E-state index contributed by atoms with van der Waals surface area (Å²) in [5.41, 5.74) is -0.282. The fourth-order valence-electron chi connectivity index (χ4n) is 2.63. The SMILES string of the molecule is CCN(CC(=O)Nc1ccccc1C(F)(F)F)c1ccc([N+](=O)[O-])c(C)c1. The van der Waals surface area contributed by atoms with E-state index in [9.17, 15) is 28.1 Å². The highest BCUT2D eigenvalue weighted by molar-refractivity contribution is 5.94. The van der Waals surface area contributed by atoms with Crippen molar-refractivity contribution in [2.24, 2.45) is 0 Å². The van der Waals surface area contributed by atoms with Gasteiger partial charge in [0.25, 0.3) is 5.69 Å². The molecule has 0 atom stereocenters. The minimum atomic E-state index is -4.58. The second kappa shape index (κ2) is 8.07. The number of nitrogens with one attached hydrogen (secondary N) is 1. The molecule has 0 aromatic heterocycles. The molecule has 0 bridgehead atoms. The molecule has 0 aliphatic heterocycles. The van der Waals surface area contributed by atoms with Gasteiger partial charge in [-0.1, -0.05) is 12.1 Å². The molecule has 1 amide bonds. The van der Waals surface area contributed by atoms with Crippen LogP contribution in [0.5, 0.6) is 0 Å². The van der Waals surface area contributed by atoms with E-state index in [1.807, 2.05) is 0 Å². The smallest absolute Gasteiger partial charge is 0.362 e. The zero-order valence-electron chi connectivity index (χ0n) is 14.7. The Labute approximate surface area is 153 Å². The number of aryl methyl sites for hydroxylation is 1. The number of para-hydroxylation sites is 1. The largest absolute Gasteiger partial charge is 0.418 e. The molecule has 0 radical (unpaired) electrons. The Balaban J connectivity index is 2.17. The van der Waals surface area contributed by atoms with Crippen LogP contribution in [0.1, 0.15) is 18.1 Å². The highest BCUT2D eigenvalue weighted by Gasteiger charge is 2.33. The highest BCUT2D eigenvalue weighted by Crippen LogP contribution is 2.34. The number of alkyl halides is 3. The number of hydrogen-bond donors (Lipinski definition) is 1. The maximum atomic E-state index is 13.0. The van der Waals surface area contributed by atoms with Gasteiger partial charge < -0.3 is 10.2 Å². The molecule has 0 saturated carbocycles. The number of hydrogen-bond acceptors (Lipinski definition) is 4. The van der Waals surface area contributed by atoms with Crippen molar-refractivity contribution in [2.45, 2.75) is 20.0 Å². The first kappa shape index (κ1) is 20.2. The van der Waals surface area contributed by atoms with Gasteiger partial charge in [0.05, 0.1) is 22.7 Å². The number of benzene rings is 2. The van der Waals surface area contributed by atoms with Crippen LogP contribution in [0.15, 0.2) is 42.5 Å². The second-order valence-corrected chi connectivity index (χ2v) is 5.83. The molecule has 144 valence electrons. The van der Waals surface area contributed by atoms with E-state index < -0.39 is 22.6 Å². The summed E-state index contributed by atoms with van der Waals surface area (Å²) in [5, 5.41) is 13.2. The first-order chi connectivity index (χ1) is 12.6. The van der Waals surface area contributed by atoms with Gasteiger partial charge in [0.2, 0.25) is 5.91 Å². The predicted molar refractivity (Wildman–Crippen MR) is 95.8 cm³/mol. The second-order valence-electron chi connectivity index (χ2n) is 5.83. The lowest BCUT2D eigenvalue weighted by Crippen LogP contribution is -2.33. The predicted octanol–water partition coefficient (Wildman–Crippen LogP) is 4.39. The highest BCUT2D eigenvalue weighted by atomic mass is 19.4. The van der Waals surface area contributed by atoms with E-state index in [1.54, 1.807) is 24.8 Å². The molecule has 1 N–H and O–H groups in total. The Bertz CT molecular complexity index is 853. The Morgan fingerprint density at radius 2 is 1.89 bits per heavy atom. The van der Waals surface area contributed by atoms with Crippen LogP contribution in [-0.2, 0) is 11.0 Å². The molecule has 0 unspecified atom stereocenters. The van der Waals surface area contributed by atoms with Crippen molar-refractivity contribution in [1.29, 1.82) is 0 Å². The first-order valence-electron chi connectivity index (χ1n) is 8.09. The van der Waals surface area contributed by atoms with E-state index in [-0.39, 0.29) is 17.9 Å². The van der Waals surface area contributed by atoms with Gasteiger partial charge in [0, 0.05) is 23.9 Å². The van der Waals surface area contributed by atoms with E-state index in [0.717, 1.165) is 6.07 Å². The van der Waals surface area contributed by atoms with E-state index in [1.165, 1.54) is 30.3 Å². The van der Waals surface area contributed by atoms with E-state index in [2.05, 4.69) is 5.32 Å². The van der Waals surface area contributed by atoms with Crippen molar-refractivity contribution in [3.8, 4) is 0 Å². The Morgan fingerprint density at radius 3 is 2.44 bits per heavy atom. The fraction of sp³-hybridized carbons (Fsp3) is 0.278. The minimum Gasteiger partial charge on any atom is -0.362 e. The van der Waals surface area contributed by atoms with Gasteiger partial charge in [-0.25, -0.2) is 0 Å². The summed E-state index contributed by atoms with van der Waals surface area (Å²) in [6.07, 6.45) is -4.58. The number of anilines is 2. The average Bonchev–Trinajstić information content (AvgIpc) is 2.58. The number of nitro benzene ring substituents is 1. The Morgan fingerprint density at radius 1 is 1.22 bits per heavy atom. The van der Waals surface area contributed by atoms with Gasteiger partial charge in [-0.05, 0) is 38.1 Å². The maximum absolute atomic E-state index is 13.0. The first-order valence-corrected chi connectivity index (χ1v) is 8.09. The van der Waals surface area contributed by atoms with Gasteiger partial charge in [-0.3, -0.25) is 14.9 Å². The maximum Gasteiger partial charge on any atom is 0.418 e. The van der Waals surface area contributed by atoms with Crippen LogP contribution in [0, 0.1) is 17.0 Å². The summed E-state index contributed by atoms with van der Waals surface area (Å²) in [6.45, 7) is 3.55. The third-order valence-corrected chi connectivity index (χ3v) is 3.96. The Kier molecular flexibility index (Phi) is 6.04. The van der Waals surface area contributed by atoms with Crippen molar-refractivity contribution in [2.75, 3.05) is 23.3 Å². The third kappa shape index (κ3) is 4.96. The number of nitro groups is 1. The monoisotopic (exact) mass is 381 g/mol. The number of likely N-dealkylation sites (N-methyl/N-ethyl adjacent to an activating group) is 1. The van der Waals surface area contributed by atoms with Gasteiger partial charge in [-0.2, -0.15) is 13.2 Å². The van der Waals surface area contributed by atoms with Crippen molar-refractivity contribution in [1.82, 2.24) is 0 Å². The zero-order chi connectivity index (χ0) is 20.2. The molecule has 0 aliphatic rings. The van der Waals surface area contributed by atoms with Crippen molar-refractivity contribution in [3.05, 3.63) is 63.7 Å². The van der Waals surface area contributed by atoms with E-state index >= 15 is 0 Å². The molecular formula is C18H18F3N3O3.